The molecule has 0 spiro atoms. The van der Waals surface area contributed by atoms with Crippen molar-refractivity contribution in [2.24, 2.45) is 17.6 Å². The van der Waals surface area contributed by atoms with E-state index in [1.54, 1.807) is 0 Å². The number of likely N-dealkylation sites (N-methyl/N-ethyl adjacent to an activating group) is 1. The Bertz CT molecular complexity index is 406. The quantitative estimate of drug-likeness (QED) is 0.890. The summed E-state index contributed by atoms with van der Waals surface area (Å²) in [7, 11) is 2.26. The number of likely N-dealkylation sites (tertiary alicyclic amines) is 2. The average Bonchev–Trinajstić information content (AvgIpc) is 2.76. The first-order valence-electron chi connectivity index (χ1n) is 7.44. The fourth-order valence-corrected chi connectivity index (χ4v) is 3.91. The second-order valence-corrected chi connectivity index (χ2v) is 6.18. The van der Waals surface area contributed by atoms with Crippen molar-refractivity contribution in [1.82, 2.24) is 9.80 Å². The third-order valence-electron chi connectivity index (χ3n) is 4.96. The maximum atomic E-state index is 5.92. The molecule has 2 aliphatic heterocycles. The molecule has 3 unspecified atom stereocenters. The molecule has 0 radical (unpaired) electrons. The fourth-order valence-electron chi connectivity index (χ4n) is 3.91. The summed E-state index contributed by atoms with van der Waals surface area (Å²) in [5.74, 6) is 1.54. The number of hydrogen-bond acceptors (Lipinski definition) is 3. The van der Waals surface area contributed by atoms with Crippen LogP contribution in [0, 0.1) is 11.8 Å². The number of nitrogens with two attached hydrogens (primary N) is 1. The summed E-state index contributed by atoms with van der Waals surface area (Å²) in [6.45, 7) is 5.55. The van der Waals surface area contributed by atoms with E-state index in [4.69, 9.17) is 5.73 Å². The number of benzene rings is 1. The molecule has 2 fully saturated rings. The molecule has 0 saturated carbocycles. The Kier molecular flexibility index (Phi) is 3.87. The highest BCUT2D eigenvalue weighted by atomic mass is 15.2. The SMILES string of the molecule is CN1CC(CN)C2CCN(Cc3ccccc3)CC21. The van der Waals surface area contributed by atoms with Crippen molar-refractivity contribution >= 4 is 0 Å². The zero-order valence-electron chi connectivity index (χ0n) is 11.8. The zero-order valence-corrected chi connectivity index (χ0v) is 11.8. The van der Waals surface area contributed by atoms with Gasteiger partial charge in [-0.05, 0) is 44.0 Å². The van der Waals surface area contributed by atoms with Gasteiger partial charge in [-0.3, -0.25) is 4.90 Å². The molecule has 0 amide bonds. The van der Waals surface area contributed by atoms with Gasteiger partial charge in [-0.25, -0.2) is 0 Å². The van der Waals surface area contributed by atoms with Crippen LogP contribution in [0.2, 0.25) is 0 Å². The lowest BCUT2D eigenvalue weighted by Crippen LogP contribution is -2.47. The zero-order chi connectivity index (χ0) is 13.2. The molecule has 1 aromatic rings. The molecule has 3 atom stereocenters. The van der Waals surface area contributed by atoms with E-state index >= 15 is 0 Å². The number of hydrogen-bond donors (Lipinski definition) is 1. The summed E-state index contributed by atoms with van der Waals surface area (Å²) in [5, 5.41) is 0. The van der Waals surface area contributed by atoms with Crippen molar-refractivity contribution in [3.05, 3.63) is 35.9 Å². The molecule has 0 bridgehead atoms. The van der Waals surface area contributed by atoms with Crippen molar-refractivity contribution in [3.8, 4) is 0 Å². The van der Waals surface area contributed by atoms with Gasteiger partial charge in [0.05, 0.1) is 0 Å². The first-order chi connectivity index (χ1) is 9.28. The predicted octanol–water partition coefficient (Wildman–Crippen LogP) is 1.40. The van der Waals surface area contributed by atoms with Crippen molar-refractivity contribution in [2.75, 3.05) is 33.2 Å². The van der Waals surface area contributed by atoms with Crippen LogP contribution in [0.1, 0.15) is 12.0 Å². The highest BCUT2D eigenvalue weighted by Crippen LogP contribution is 2.34. The molecule has 0 aromatic heterocycles. The third-order valence-corrected chi connectivity index (χ3v) is 4.96. The maximum absolute atomic E-state index is 5.92. The Balaban J connectivity index is 1.63. The minimum atomic E-state index is 0.714. The van der Waals surface area contributed by atoms with E-state index in [9.17, 15) is 0 Å². The first-order valence-corrected chi connectivity index (χ1v) is 7.44. The minimum absolute atomic E-state index is 0.714. The lowest BCUT2D eigenvalue weighted by atomic mass is 9.84. The summed E-state index contributed by atoms with van der Waals surface area (Å²) >= 11 is 0. The molecule has 3 nitrogen and oxygen atoms in total. The number of rotatable bonds is 3. The van der Waals surface area contributed by atoms with E-state index in [0.717, 1.165) is 19.0 Å². The molecular weight excluding hydrogens is 234 g/mol. The Hall–Kier alpha value is -0.900. The van der Waals surface area contributed by atoms with Gasteiger partial charge in [0.25, 0.3) is 0 Å². The van der Waals surface area contributed by atoms with Gasteiger partial charge in [-0.1, -0.05) is 30.3 Å². The molecule has 2 aliphatic rings. The fraction of sp³-hybridized carbons (Fsp3) is 0.625. The van der Waals surface area contributed by atoms with Crippen LogP contribution in [-0.2, 0) is 6.54 Å². The molecule has 2 saturated heterocycles. The van der Waals surface area contributed by atoms with Gasteiger partial charge in [0.2, 0.25) is 0 Å². The predicted molar refractivity (Wildman–Crippen MR) is 78.8 cm³/mol. The van der Waals surface area contributed by atoms with Crippen molar-refractivity contribution < 1.29 is 0 Å². The maximum Gasteiger partial charge on any atom is 0.0252 e. The molecule has 104 valence electrons. The second-order valence-electron chi connectivity index (χ2n) is 6.18. The topological polar surface area (TPSA) is 32.5 Å². The highest BCUT2D eigenvalue weighted by Gasteiger charge is 2.42. The largest absolute Gasteiger partial charge is 0.330 e. The van der Waals surface area contributed by atoms with Gasteiger partial charge in [0.1, 0.15) is 0 Å². The van der Waals surface area contributed by atoms with Crippen molar-refractivity contribution in [2.45, 2.75) is 19.0 Å². The van der Waals surface area contributed by atoms with Gasteiger partial charge < -0.3 is 10.6 Å². The normalized spacial score (nSPS) is 32.4. The Morgan fingerprint density at radius 2 is 2.00 bits per heavy atom. The van der Waals surface area contributed by atoms with Crippen molar-refractivity contribution in [1.29, 1.82) is 0 Å². The van der Waals surface area contributed by atoms with Crippen LogP contribution in [0.25, 0.3) is 0 Å². The monoisotopic (exact) mass is 259 g/mol. The van der Waals surface area contributed by atoms with E-state index in [2.05, 4.69) is 47.2 Å². The smallest absolute Gasteiger partial charge is 0.0252 e. The number of nitrogens with zero attached hydrogens (tertiary/aromatic N) is 2. The standard InChI is InChI=1S/C16H25N3/c1-18-11-14(9-17)15-7-8-19(12-16(15)18)10-13-5-3-2-4-6-13/h2-6,14-16H,7-12,17H2,1H3. The van der Waals surface area contributed by atoms with Crippen LogP contribution in [0.3, 0.4) is 0 Å². The summed E-state index contributed by atoms with van der Waals surface area (Å²) < 4.78 is 0. The molecule has 3 heteroatoms. The van der Waals surface area contributed by atoms with Gasteiger partial charge in [-0.15, -0.1) is 0 Å². The van der Waals surface area contributed by atoms with Crippen LogP contribution >= 0.6 is 0 Å². The molecular formula is C16H25N3. The van der Waals surface area contributed by atoms with Crippen molar-refractivity contribution in [3.63, 3.8) is 0 Å². The van der Waals surface area contributed by atoms with E-state index in [-0.39, 0.29) is 0 Å². The van der Waals surface area contributed by atoms with Crippen LogP contribution in [0.15, 0.2) is 30.3 Å². The van der Waals surface area contributed by atoms with Gasteiger partial charge in [-0.2, -0.15) is 0 Å². The summed E-state index contributed by atoms with van der Waals surface area (Å²) in [4.78, 5) is 5.13. The highest BCUT2D eigenvalue weighted by molar-refractivity contribution is 5.14. The second kappa shape index (κ2) is 5.61. The molecule has 0 aliphatic carbocycles. The third kappa shape index (κ3) is 2.69. The van der Waals surface area contributed by atoms with Crippen LogP contribution in [0.4, 0.5) is 0 Å². The van der Waals surface area contributed by atoms with E-state index in [1.165, 1.54) is 31.6 Å². The molecule has 2 N–H and O–H groups in total. The Morgan fingerprint density at radius 1 is 1.21 bits per heavy atom. The Morgan fingerprint density at radius 3 is 2.74 bits per heavy atom. The summed E-state index contributed by atoms with van der Waals surface area (Å²) in [6.07, 6.45) is 1.31. The molecule has 1 aromatic carbocycles. The lowest BCUT2D eigenvalue weighted by molar-refractivity contribution is 0.107. The number of piperidine rings is 1. The van der Waals surface area contributed by atoms with E-state index in [1.807, 2.05) is 0 Å². The Labute approximate surface area is 116 Å². The molecule has 19 heavy (non-hydrogen) atoms. The molecule has 3 rings (SSSR count). The summed E-state index contributed by atoms with van der Waals surface area (Å²) in [5.41, 5.74) is 7.35. The average molecular weight is 259 g/mol. The van der Waals surface area contributed by atoms with Crippen LogP contribution < -0.4 is 5.73 Å². The van der Waals surface area contributed by atoms with Gasteiger partial charge in [0.15, 0.2) is 0 Å². The van der Waals surface area contributed by atoms with Gasteiger partial charge >= 0.3 is 0 Å². The summed E-state index contributed by atoms with van der Waals surface area (Å²) in [6, 6.07) is 11.5. The minimum Gasteiger partial charge on any atom is -0.330 e. The van der Waals surface area contributed by atoms with Gasteiger partial charge in [0, 0.05) is 25.7 Å². The lowest BCUT2D eigenvalue weighted by Gasteiger charge is -2.38. The first kappa shape index (κ1) is 13.1. The molecule has 2 heterocycles. The van der Waals surface area contributed by atoms with E-state index < -0.39 is 0 Å². The van der Waals surface area contributed by atoms with Crippen LogP contribution in [-0.4, -0.2) is 49.1 Å². The number of fused-ring (bicyclic) bond motifs is 1. The van der Waals surface area contributed by atoms with E-state index in [0.29, 0.717) is 12.0 Å². The van der Waals surface area contributed by atoms with Crippen LogP contribution in [0.5, 0.6) is 0 Å².